The van der Waals surface area contributed by atoms with Crippen molar-refractivity contribution in [3.05, 3.63) is 35.4 Å². The fourth-order valence-electron chi connectivity index (χ4n) is 2.56. The van der Waals surface area contributed by atoms with Crippen LogP contribution in [0, 0.1) is 5.41 Å². The summed E-state index contributed by atoms with van der Waals surface area (Å²) in [6.07, 6.45) is 4.53. The fourth-order valence-corrected chi connectivity index (χ4v) is 2.56. The van der Waals surface area contributed by atoms with Gasteiger partial charge in [0, 0.05) is 24.6 Å². The van der Waals surface area contributed by atoms with Crippen LogP contribution in [0.2, 0.25) is 0 Å². The number of nitrogens with one attached hydrogen (secondary N) is 1. The van der Waals surface area contributed by atoms with E-state index in [1.54, 1.807) is 0 Å². The van der Waals surface area contributed by atoms with Crippen molar-refractivity contribution in [3.63, 3.8) is 0 Å². The van der Waals surface area contributed by atoms with Crippen LogP contribution < -0.4 is 5.32 Å². The zero-order valence-corrected chi connectivity index (χ0v) is 11.6. The van der Waals surface area contributed by atoms with Gasteiger partial charge in [0.25, 0.3) is 0 Å². The van der Waals surface area contributed by atoms with Crippen LogP contribution in [0.25, 0.3) is 0 Å². The Morgan fingerprint density at radius 2 is 2.06 bits per heavy atom. The lowest BCUT2D eigenvalue weighted by Crippen LogP contribution is -2.42. The minimum absolute atomic E-state index is 0.0248. The van der Waals surface area contributed by atoms with Gasteiger partial charge < -0.3 is 10.4 Å². The molecule has 0 saturated carbocycles. The molecule has 0 bridgehead atoms. The van der Waals surface area contributed by atoms with E-state index in [-0.39, 0.29) is 12.0 Å². The van der Waals surface area contributed by atoms with E-state index < -0.39 is 0 Å². The van der Waals surface area contributed by atoms with E-state index in [9.17, 15) is 5.11 Å². The van der Waals surface area contributed by atoms with E-state index >= 15 is 0 Å². The monoisotopic (exact) mass is 247 g/mol. The molecule has 2 nitrogen and oxygen atoms in total. The van der Waals surface area contributed by atoms with Crippen LogP contribution in [0.15, 0.2) is 24.3 Å². The number of aliphatic hydroxyl groups excluding tert-OH is 1. The molecule has 100 valence electrons. The molecule has 1 aromatic rings. The lowest BCUT2D eigenvalue weighted by Gasteiger charge is -2.31. The quantitative estimate of drug-likeness (QED) is 0.838. The number of rotatable bonds is 5. The van der Waals surface area contributed by atoms with Gasteiger partial charge >= 0.3 is 0 Å². The maximum atomic E-state index is 9.43. The first-order valence-corrected chi connectivity index (χ1v) is 7.08. The van der Waals surface area contributed by atoms with Crippen molar-refractivity contribution in [2.75, 3.05) is 13.2 Å². The van der Waals surface area contributed by atoms with Crippen LogP contribution in [0.3, 0.4) is 0 Å². The van der Waals surface area contributed by atoms with Crippen LogP contribution >= 0.6 is 0 Å². The Hall–Kier alpha value is -0.860. The molecule has 18 heavy (non-hydrogen) atoms. The molecule has 2 N–H and O–H groups in total. The standard InChI is InChI=1S/C16H25NO/c1-3-16(2,12-18)11-17-15-9-8-13-6-4-5-7-14(13)10-15/h4-7,15,17-18H,3,8-12H2,1-2H3. The Bertz CT molecular complexity index is 384. The average molecular weight is 247 g/mol. The molecule has 0 aromatic heterocycles. The Balaban J connectivity index is 1.90. The topological polar surface area (TPSA) is 32.3 Å². The average Bonchev–Trinajstić information content (AvgIpc) is 2.44. The van der Waals surface area contributed by atoms with Gasteiger partial charge in [-0.25, -0.2) is 0 Å². The number of benzene rings is 1. The number of hydrogen-bond acceptors (Lipinski definition) is 2. The van der Waals surface area contributed by atoms with Crippen LogP contribution in [0.5, 0.6) is 0 Å². The molecule has 0 radical (unpaired) electrons. The van der Waals surface area contributed by atoms with Gasteiger partial charge in [-0.1, -0.05) is 38.1 Å². The van der Waals surface area contributed by atoms with Crippen molar-refractivity contribution in [3.8, 4) is 0 Å². The lowest BCUT2D eigenvalue weighted by molar-refractivity contribution is 0.131. The van der Waals surface area contributed by atoms with Crippen molar-refractivity contribution >= 4 is 0 Å². The number of aryl methyl sites for hydroxylation is 1. The molecule has 1 aliphatic carbocycles. The number of fused-ring (bicyclic) bond motifs is 1. The SMILES string of the molecule is CCC(C)(CO)CNC1CCc2ccccc2C1. The van der Waals surface area contributed by atoms with Crippen molar-refractivity contribution < 1.29 is 5.11 Å². The first kappa shape index (κ1) is 13.6. The molecule has 1 aliphatic rings. The lowest BCUT2D eigenvalue weighted by atomic mass is 9.85. The largest absolute Gasteiger partial charge is 0.396 e. The Labute approximate surface area is 110 Å². The van der Waals surface area contributed by atoms with E-state index in [4.69, 9.17) is 0 Å². The molecule has 0 spiro atoms. The van der Waals surface area contributed by atoms with Gasteiger partial charge in [0.15, 0.2) is 0 Å². The van der Waals surface area contributed by atoms with Gasteiger partial charge in [-0.2, -0.15) is 0 Å². The molecule has 0 saturated heterocycles. The summed E-state index contributed by atoms with van der Waals surface area (Å²) in [6, 6.07) is 9.32. The highest BCUT2D eigenvalue weighted by Gasteiger charge is 2.24. The Kier molecular flexibility index (Phi) is 4.41. The fraction of sp³-hybridized carbons (Fsp3) is 0.625. The van der Waals surface area contributed by atoms with E-state index in [1.165, 1.54) is 24.0 Å². The van der Waals surface area contributed by atoms with Crippen LogP contribution in [-0.4, -0.2) is 24.3 Å². The summed E-state index contributed by atoms with van der Waals surface area (Å²) in [7, 11) is 0. The molecule has 2 atom stereocenters. The van der Waals surface area contributed by atoms with E-state index in [0.717, 1.165) is 19.4 Å². The van der Waals surface area contributed by atoms with E-state index in [2.05, 4.69) is 43.4 Å². The van der Waals surface area contributed by atoms with Gasteiger partial charge in [-0.3, -0.25) is 0 Å². The zero-order valence-electron chi connectivity index (χ0n) is 11.6. The predicted molar refractivity (Wildman–Crippen MR) is 75.7 cm³/mol. The third-order valence-corrected chi connectivity index (χ3v) is 4.40. The molecule has 1 aromatic carbocycles. The summed E-state index contributed by atoms with van der Waals surface area (Å²) in [5.74, 6) is 0. The third-order valence-electron chi connectivity index (χ3n) is 4.40. The zero-order chi connectivity index (χ0) is 13.0. The van der Waals surface area contributed by atoms with Gasteiger partial charge in [0.2, 0.25) is 0 Å². The van der Waals surface area contributed by atoms with Gasteiger partial charge in [0.1, 0.15) is 0 Å². The maximum absolute atomic E-state index is 9.43. The van der Waals surface area contributed by atoms with E-state index in [1.807, 2.05) is 0 Å². The van der Waals surface area contributed by atoms with Crippen LogP contribution in [-0.2, 0) is 12.8 Å². The van der Waals surface area contributed by atoms with Crippen molar-refractivity contribution in [2.24, 2.45) is 5.41 Å². The molecule has 0 fully saturated rings. The van der Waals surface area contributed by atoms with Crippen LogP contribution in [0.4, 0.5) is 0 Å². The molecule has 0 amide bonds. The minimum atomic E-state index is 0.0248. The second kappa shape index (κ2) is 5.85. The smallest absolute Gasteiger partial charge is 0.0496 e. The van der Waals surface area contributed by atoms with Crippen molar-refractivity contribution in [1.29, 1.82) is 0 Å². The molecular formula is C16H25NO. The van der Waals surface area contributed by atoms with Crippen molar-refractivity contribution in [2.45, 2.75) is 45.6 Å². The normalized spacial score (nSPS) is 22.3. The summed E-state index contributed by atoms with van der Waals surface area (Å²) in [6.45, 7) is 5.47. The predicted octanol–water partition coefficient (Wildman–Crippen LogP) is 2.54. The summed E-state index contributed by atoms with van der Waals surface area (Å²) >= 11 is 0. The summed E-state index contributed by atoms with van der Waals surface area (Å²) < 4.78 is 0. The van der Waals surface area contributed by atoms with Crippen LogP contribution in [0.1, 0.15) is 37.8 Å². The number of hydrogen-bond donors (Lipinski definition) is 2. The highest BCUT2D eigenvalue weighted by atomic mass is 16.3. The second-order valence-corrected chi connectivity index (χ2v) is 5.91. The van der Waals surface area contributed by atoms with E-state index in [0.29, 0.717) is 6.04 Å². The molecule has 0 aliphatic heterocycles. The summed E-state index contributed by atoms with van der Waals surface area (Å²) in [4.78, 5) is 0. The highest BCUT2D eigenvalue weighted by Crippen LogP contribution is 2.23. The second-order valence-electron chi connectivity index (χ2n) is 5.91. The molecule has 2 unspecified atom stereocenters. The van der Waals surface area contributed by atoms with Gasteiger partial charge in [0.05, 0.1) is 0 Å². The molecular weight excluding hydrogens is 222 g/mol. The number of aliphatic hydroxyl groups is 1. The summed E-state index contributed by atoms with van der Waals surface area (Å²) in [5, 5.41) is 13.1. The van der Waals surface area contributed by atoms with Gasteiger partial charge in [-0.05, 0) is 36.8 Å². The molecule has 2 rings (SSSR count). The Morgan fingerprint density at radius 1 is 1.33 bits per heavy atom. The molecule has 0 heterocycles. The third kappa shape index (κ3) is 3.12. The Morgan fingerprint density at radius 3 is 2.72 bits per heavy atom. The first-order valence-electron chi connectivity index (χ1n) is 7.08. The molecule has 2 heteroatoms. The maximum Gasteiger partial charge on any atom is 0.0496 e. The van der Waals surface area contributed by atoms with Crippen molar-refractivity contribution in [1.82, 2.24) is 5.32 Å². The van der Waals surface area contributed by atoms with Gasteiger partial charge in [-0.15, -0.1) is 0 Å². The highest BCUT2D eigenvalue weighted by molar-refractivity contribution is 5.30. The minimum Gasteiger partial charge on any atom is -0.396 e. The first-order chi connectivity index (χ1) is 8.67. The summed E-state index contributed by atoms with van der Waals surface area (Å²) in [5.41, 5.74) is 3.02.